The average molecular weight is 188 g/mol. The van der Waals surface area contributed by atoms with Gasteiger partial charge in [-0.25, -0.2) is 0 Å². The third-order valence-electron chi connectivity index (χ3n) is 1.20. The van der Waals surface area contributed by atoms with Gasteiger partial charge in [0.2, 0.25) is 0 Å². The van der Waals surface area contributed by atoms with Crippen LogP contribution in [-0.4, -0.2) is 44.7 Å². The maximum absolute atomic E-state index is 9.14. The van der Waals surface area contributed by atoms with Crippen LogP contribution in [0, 0.1) is 0 Å². The molecule has 4 nitrogen and oxygen atoms in total. The average Bonchev–Trinajstić information content (AvgIpc) is 2.00. The summed E-state index contributed by atoms with van der Waals surface area (Å²) in [5.74, 6) is -1.23. The van der Waals surface area contributed by atoms with Gasteiger partial charge in [-0.3, -0.25) is 0 Å². The molecule has 0 aliphatic heterocycles. The summed E-state index contributed by atoms with van der Waals surface area (Å²) >= 11 is 0. The molecule has 0 radical (unpaired) electrons. The summed E-state index contributed by atoms with van der Waals surface area (Å²) in [6, 6.07) is 0. The second kappa shape index (κ2) is 7.76. The molecule has 0 heterocycles. The fraction of sp³-hybridized carbons (Fsp3) is 0.667. The van der Waals surface area contributed by atoms with Gasteiger partial charge in [0, 0.05) is 6.42 Å². The molecule has 0 aliphatic rings. The molecule has 0 aromatic heterocycles. The summed E-state index contributed by atoms with van der Waals surface area (Å²) in [4.78, 5) is 9.14. The Bertz CT molecular complexity index is 150. The normalized spacial score (nSPS) is 9.85. The summed E-state index contributed by atoms with van der Waals surface area (Å²) in [6.07, 6.45) is 1.85. The summed E-state index contributed by atoms with van der Waals surface area (Å²) in [5, 5.41) is 9.14. The van der Waals surface area contributed by atoms with E-state index in [2.05, 4.69) is 27.7 Å². The van der Waals surface area contributed by atoms with E-state index in [1.165, 1.54) is 6.54 Å². The fourth-order valence-electron chi connectivity index (χ4n) is 0.566. The molecule has 0 spiro atoms. The Kier molecular flexibility index (Phi) is 8.74. The molecule has 0 saturated heterocycles. The predicted molar refractivity (Wildman–Crippen MR) is 51.8 cm³/mol. The van der Waals surface area contributed by atoms with Crippen LogP contribution in [-0.2, 0) is 4.79 Å². The number of carboxylic acid groups (broad SMARTS) is 1. The van der Waals surface area contributed by atoms with Gasteiger partial charge in [0.15, 0.2) is 0 Å². The minimum atomic E-state index is -1.23. The molecule has 0 amide bonds. The number of hydrogen-bond donors (Lipinski definition) is 1. The van der Waals surface area contributed by atoms with Crippen molar-refractivity contribution in [3.63, 3.8) is 0 Å². The van der Waals surface area contributed by atoms with Crippen LogP contribution in [0.1, 0.15) is 6.42 Å². The third-order valence-corrected chi connectivity index (χ3v) is 1.20. The smallest absolute Gasteiger partial charge is 0.0792 e. The molecule has 0 unspecified atom stereocenters. The third kappa shape index (κ3) is 24.7. The summed E-state index contributed by atoms with van der Waals surface area (Å²) < 4.78 is 1.02. The van der Waals surface area contributed by atoms with Gasteiger partial charge in [0.25, 0.3) is 0 Å². The van der Waals surface area contributed by atoms with Crippen molar-refractivity contribution in [2.75, 3.05) is 34.2 Å². The highest BCUT2D eigenvalue weighted by molar-refractivity contribution is 5.76. The van der Waals surface area contributed by atoms with Crippen molar-refractivity contribution >= 4 is 5.97 Å². The maximum atomic E-state index is 9.14. The molecule has 0 aliphatic carbocycles. The lowest BCUT2D eigenvalue weighted by atomic mass is 10.4. The van der Waals surface area contributed by atoms with E-state index in [0.717, 1.165) is 23.5 Å². The van der Waals surface area contributed by atoms with Gasteiger partial charge in [0.1, 0.15) is 0 Å². The van der Waals surface area contributed by atoms with Crippen LogP contribution < -0.4 is 10.8 Å². The summed E-state index contributed by atoms with van der Waals surface area (Å²) in [7, 11) is 6.53. The number of rotatable bonds is 4. The largest absolute Gasteiger partial charge is 0.545 e. The van der Waals surface area contributed by atoms with E-state index in [4.69, 9.17) is 15.6 Å². The Hall–Kier alpha value is -0.870. The lowest BCUT2D eigenvalue weighted by Gasteiger charge is -2.23. The van der Waals surface area contributed by atoms with Crippen molar-refractivity contribution < 1.29 is 14.4 Å². The molecular formula is C9H20N2O2. The van der Waals surface area contributed by atoms with Gasteiger partial charge in [0.05, 0.1) is 33.7 Å². The maximum Gasteiger partial charge on any atom is 0.0792 e. The molecule has 0 rings (SSSR count). The van der Waals surface area contributed by atoms with Gasteiger partial charge in [-0.05, 0) is 12.6 Å². The molecule has 13 heavy (non-hydrogen) atoms. The first-order valence-corrected chi connectivity index (χ1v) is 4.17. The molecule has 0 bridgehead atoms. The first-order valence-electron chi connectivity index (χ1n) is 4.17. The monoisotopic (exact) mass is 188 g/mol. The number of nitrogens with two attached hydrogens (primary N) is 1. The molecule has 0 atom stereocenters. The van der Waals surface area contributed by atoms with Crippen molar-refractivity contribution in [2.24, 2.45) is 5.73 Å². The molecular weight excluding hydrogens is 168 g/mol. The number of carboxylic acids is 1. The molecule has 0 saturated carbocycles. The van der Waals surface area contributed by atoms with Crippen LogP contribution in [0.15, 0.2) is 12.7 Å². The number of carbonyl (C=O) groups is 1. The van der Waals surface area contributed by atoms with E-state index >= 15 is 0 Å². The highest BCUT2D eigenvalue weighted by Gasteiger charge is 2.03. The second-order valence-corrected chi connectivity index (χ2v) is 3.68. The van der Waals surface area contributed by atoms with Crippen molar-refractivity contribution in [1.29, 1.82) is 0 Å². The first-order chi connectivity index (χ1) is 5.83. The van der Waals surface area contributed by atoms with Crippen LogP contribution in [0.3, 0.4) is 0 Å². The van der Waals surface area contributed by atoms with E-state index in [1.54, 1.807) is 0 Å². The molecule has 78 valence electrons. The zero-order valence-electron chi connectivity index (χ0n) is 8.75. The quantitative estimate of drug-likeness (QED) is 0.453. The standard InChI is InChI=1S/C6H17N2.C3H4O2/c1-8(2,3)6-4-5-7;1-2-3(4)5/h4-7H2,1-3H3;2H,1H2,(H,4,5)/q+1;/p-1. The van der Waals surface area contributed by atoms with Crippen molar-refractivity contribution in [3.8, 4) is 0 Å². The van der Waals surface area contributed by atoms with E-state index in [9.17, 15) is 0 Å². The fourth-order valence-corrected chi connectivity index (χ4v) is 0.566. The van der Waals surface area contributed by atoms with Crippen molar-refractivity contribution in [3.05, 3.63) is 12.7 Å². The van der Waals surface area contributed by atoms with Crippen molar-refractivity contribution in [1.82, 2.24) is 0 Å². The summed E-state index contributed by atoms with van der Waals surface area (Å²) in [6.45, 7) is 4.89. The minimum absolute atomic E-state index is 0.722. The molecule has 2 N–H and O–H groups in total. The zero-order chi connectivity index (χ0) is 10.9. The topological polar surface area (TPSA) is 66.1 Å². The Morgan fingerprint density at radius 3 is 2.00 bits per heavy atom. The second-order valence-electron chi connectivity index (χ2n) is 3.68. The Labute approximate surface area is 80.2 Å². The molecule has 0 fully saturated rings. The predicted octanol–water partition coefficient (Wildman–Crippen LogP) is -1.04. The minimum Gasteiger partial charge on any atom is -0.545 e. The SMILES string of the molecule is C=CC(=O)[O-].C[N+](C)(C)CCCN. The first kappa shape index (κ1) is 14.6. The lowest BCUT2D eigenvalue weighted by molar-refractivity contribution is -0.870. The van der Waals surface area contributed by atoms with Gasteiger partial charge in [-0.15, -0.1) is 0 Å². The lowest BCUT2D eigenvalue weighted by Crippen LogP contribution is -2.36. The van der Waals surface area contributed by atoms with E-state index in [0.29, 0.717) is 0 Å². The Balaban J connectivity index is 0. The number of hydrogen-bond acceptors (Lipinski definition) is 3. The molecule has 4 heteroatoms. The van der Waals surface area contributed by atoms with Crippen LogP contribution in [0.25, 0.3) is 0 Å². The van der Waals surface area contributed by atoms with Gasteiger partial charge in [-0.2, -0.15) is 0 Å². The Morgan fingerprint density at radius 1 is 1.54 bits per heavy atom. The van der Waals surface area contributed by atoms with Crippen LogP contribution in [0.4, 0.5) is 0 Å². The zero-order valence-corrected chi connectivity index (χ0v) is 8.75. The van der Waals surface area contributed by atoms with E-state index in [1.807, 2.05) is 0 Å². The number of carbonyl (C=O) groups excluding carboxylic acids is 1. The highest BCUT2D eigenvalue weighted by atomic mass is 16.4. The van der Waals surface area contributed by atoms with Crippen molar-refractivity contribution in [2.45, 2.75) is 6.42 Å². The molecule has 0 aromatic rings. The number of quaternary nitrogens is 1. The number of aliphatic carboxylic acids is 1. The summed E-state index contributed by atoms with van der Waals surface area (Å²) in [5.41, 5.74) is 5.33. The van der Waals surface area contributed by atoms with Crippen LogP contribution >= 0.6 is 0 Å². The Morgan fingerprint density at radius 2 is 1.92 bits per heavy atom. The van der Waals surface area contributed by atoms with Crippen LogP contribution in [0.2, 0.25) is 0 Å². The number of nitrogens with zero attached hydrogens (tertiary/aromatic N) is 1. The van der Waals surface area contributed by atoms with Crippen LogP contribution in [0.5, 0.6) is 0 Å². The van der Waals surface area contributed by atoms with Gasteiger partial charge < -0.3 is 20.1 Å². The van der Waals surface area contributed by atoms with Gasteiger partial charge in [-0.1, -0.05) is 6.58 Å². The van der Waals surface area contributed by atoms with E-state index in [-0.39, 0.29) is 0 Å². The van der Waals surface area contributed by atoms with Gasteiger partial charge >= 0.3 is 0 Å². The van der Waals surface area contributed by atoms with E-state index < -0.39 is 5.97 Å². The highest BCUT2D eigenvalue weighted by Crippen LogP contribution is 1.90. The molecule has 0 aromatic carbocycles.